The van der Waals surface area contributed by atoms with Crippen LogP contribution in [0, 0.1) is 6.92 Å². The molecule has 2 amide bonds. The molecular weight excluding hydrogens is 376 g/mol. The van der Waals surface area contributed by atoms with E-state index in [2.05, 4.69) is 5.32 Å². The van der Waals surface area contributed by atoms with Crippen molar-refractivity contribution in [1.29, 1.82) is 0 Å². The first-order chi connectivity index (χ1) is 13.1. The van der Waals surface area contributed by atoms with Crippen LogP contribution in [0.2, 0.25) is 0 Å². The lowest BCUT2D eigenvalue weighted by atomic mass is 10.1. The van der Waals surface area contributed by atoms with Gasteiger partial charge < -0.3 is 5.32 Å². The summed E-state index contributed by atoms with van der Waals surface area (Å²) >= 11 is 3.03. The maximum absolute atomic E-state index is 12.5. The summed E-state index contributed by atoms with van der Waals surface area (Å²) < 4.78 is 0. The molecule has 4 rings (SSSR count). The molecule has 3 aromatic rings. The van der Waals surface area contributed by atoms with Crippen LogP contribution in [0.1, 0.15) is 26.2 Å². The predicted octanol–water partition coefficient (Wildman–Crippen LogP) is 5.09. The molecule has 4 nitrogen and oxygen atoms in total. The molecule has 0 radical (unpaired) electrons. The Morgan fingerprint density at radius 1 is 1.11 bits per heavy atom. The molecule has 1 atom stereocenters. The third kappa shape index (κ3) is 3.77. The number of nitrogens with zero attached hydrogens (tertiary/aromatic N) is 1. The minimum Gasteiger partial charge on any atom is -0.321 e. The summed E-state index contributed by atoms with van der Waals surface area (Å²) in [6, 6.07) is 19.4. The van der Waals surface area contributed by atoms with Crippen molar-refractivity contribution in [3.63, 3.8) is 0 Å². The minimum atomic E-state index is -0.107. The smallest absolute Gasteiger partial charge is 0.265 e. The van der Waals surface area contributed by atoms with E-state index in [1.165, 1.54) is 11.3 Å². The van der Waals surface area contributed by atoms with E-state index < -0.39 is 0 Å². The van der Waals surface area contributed by atoms with Crippen molar-refractivity contribution in [2.75, 3.05) is 16.0 Å². The van der Waals surface area contributed by atoms with Gasteiger partial charge in [0.15, 0.2) is 0 Å². The molecule has 1 aliphatic heterocycles. The van der Waals surface area contributed by atoms with Gasteiger partial charge in [-0.2, -0.15) is 0 Å². The van der Waals surface area contributed by atoms with Gasteiger partial charge in [0.2, 0.25) is 5.91 Å². The number of carbonyl (C=O) groups excluding carboxylic acids is 2. The first-order valence-electron chi connectivity index (χ1n) is 8.57. The van der Waals surface area contributed by atoms with E-state index in [4.69, 9.17) is 0 Å². The van der Waals surface area contributed by atoms with E-state index in [-0.39, 0.29) is 17.2 Å². The molecule has 0 aliphatic carbocycles. The summed E-state index contributed by atoms with van der Waals surface area (Å²) in [5.41, 5.74) is 3.84. The molecule has 0 unspecified atom stereocenters. The third-order valence-corrected chi connectivity index (χ3v) is 6.43. The number of benzene rings is 2. The van der Waals surface area contributed by atoms with Crippen LogP contribution in [0.4, 0.5) is 11.4 Å². The van der Waals surface area contributed by atoms with Crippen molar-refractivity contribution >= 4 is 46.3 Å². The van der Waals surface area contributed by atoms with Crippen LogP contribution in [-0.4, -0.2) is 17.6 Å². The number of rotatable bonds is 4. The van der Waals surface area contributed by atoms with Crippen LogP contribution in [0.3, 0.4) is 0 Å². The van der Waals surface area contributed by atoms with Gasteiger partial charge in [0.1, 0.15) is 5.37 Å². The highest BCUT2D eigenvalue weighted by Crippen LogP contribution is 2.42. The number of amides is 2. The minimum absolute atomic E-state index is 0.0543. The molecule has 1 aromatic heterocycles. The number of hydrogen-bond donors (Lipinski definition) is 1. The number of nitrogens with one attached hydrogen (secondary N) is 1. The fourth-order valence-corrected chi connectivity index (χ4v) is 4.86. The Morgan fingerprint density at radius 3 is 2.63 bits per heavy atom. The number of hydrogen-bond acceptors (Lipinski definition) is 4. The zero-order chi connectivity index (χ0) is 18.8. The summed E-state index contributed by atoms with van der Waals surface area (Å²) in [6.07, 6.45) is 0. The number of thiophene rings is 1. The van der Waals surface area contributed by atoms with Gasteiger partial charge in [-0.1, -0.05) is 30.3 Å². The first-order valence-corrected chi connectivity index (χ1v) is 10.5. The van der Waals surface area contributed by atoms with Crippen molar-refractivity contribution in [3.05, 3.63) is 82.0 Å². The lowest BCUT2D eigenvalue weighted by Gasteiger charge is -2.25. The quantitative estimate of drug-likeness (QED) is 0.671. The second-order valence-corrected chi connectivity index (χ2v) is 8.34. The van der Waals surface area contributed by atoms with E-state index >= 15 is 0 Å². The molecule has 0 bridgehead atoms. The molecule has 0 spiro atoms. The lowest BCUT2D eigenvalue weighted by molar-refractivity contribution is -0.115. The molecule has 1 fully saturated rings. The molecule has 6 heteroatoms. The molecule has 1 saturated heterocycles. The van der Waals surface area contributed by atoms with Gasteiger partial charge in [0.25, 0.3) is 5.91 Å². The van der Waals surface area contributed by atoms with Gasteiger partial charge in [0.05, 0.1) is 10.6 Å². The maximum Gasteiger partial charge on any atom is 0.265 e. The summed E-state index contributed by atoms with van der Waals surface area (Å²) in [7, 11) is 0. The van der Waals surface area contributed by atoms with Gasteiger partial charge >= 0.3 is 0 Å². The van der Waals surface area contributed by atoms with Crippen LogP contribution in [0.15, 0.2) is 66.0 Å². The molecule has 0 saturated carbocycles. The van der Waals surface area contributed by atoms with Gasteiger partial charge in [-0.25, -0.2) is 0 Å². The Morgan fingerprint density at radius 2 is 1.93 bits per heavy atom. The fourth-order valence-electron chi connectivity index (χ4n) is 3.06. The van der Waals surface area contributed by atoms with Crippen molar-refractivity contribution in [1.82, 2.24) is 0 Å². The molecule has 1 N–H and O–H groups in total. The summed E-state index contributed by atoms with van der Waals surface area (Å²) in [5.74, 6) is 0.477. The SMILES string of the molecule is Cc1cccc(N2C(=O)CS[C@H]2c2ccc(NC(=O)c3cccs3)cc2)c1. The van der Waals surface area contributed by atoms with Gasteiger partial charge in [-0.05, 0) is 53.8 Å². The second-order valence-electron chi connectivity index (χ2n) is 6.32. The highest BCUT2D eigenvalue weighted by atomic mass is 32.2. The molecule has 1 aliphatic rings. The van der Waals surface area contributed by atoms with E-state index in [1.807, 2.05) is 71.8 Å². The average molecular weight is 395 g/mol. The first kappa shape index (κ1) is 17.8. The van der Waals surface area contributed by atoms with Crippen molar-refractivity contribution < 1.29 is 9.59 Å². The average Bonchev–Trinajstić information content (AvgIpc) is 3.32. The lowest BCUT2D eigenvalue weighted by Crippen LogP contribution is -2.27. The molecule has 2 heterocycles. The Kier molecular flexibility index (Phi) is 5.01. The van der Waals surface area contributed by atoms with Crippen LogP contribution in [0.25, 0.3) is 0 Å². The highest BCUT2D eigenvalue weighted by Gasteiger charge is 2.34. The van der Waals surface area contributed by atoms with Crippen molar-refractivity contribution in [2.24, 2.45) is 0 Å². The number of carbonyl (C=O) groups is 2. The van der Waals surface area contributed by atoms with E-state index in [9.17, 15) is 9.59 Å². The van der Waals surface area contributed by atoms with E-state index in [0.29, 0.717) is 10.6 Å². The summed E-state index contributed by atoms with van der Waals surface area (Å²) in [6.45, 7) is 2.03. The molecular formula is C21H18N2O2S2. The van der Waals surface area contributed by atoms with Crippen LogP contribution in [-0.2, 0) is 4.79 Å². The van der Waals surface area contributed by atoms with Crippen LogP contribution >= 0.6 is 23.1 Å². The number of aryl methyl sites for hydroxylation is 1. The summed E-state index contributed by atoms with van der Waals surface area (Å²) in [5, 5.41) is 4.73. The van der Waals surface area contributed by atoms with E-state index in [1.54, 1.807) is 17.8 Å². The highest BCUT2D eigenvalue weighted by molar-refractivity contribution is 8.00. The van der Waals surface area contributed by atoms with Crippen LogP contribution < -0.4 is 10.2 Å². The maximum atomic E-state index is 12.5. The van der Waals surface area contributed by atoms with Crippen molar-refractivity contribution in [3.8, 4) is 0 Å². The normalized spacial score (nSPS) is 16.6. The van der Waals surface area contributed by atoms with Crippen LogP contribution in [0.5, 0.6) is 0 Å². The molecule has 2 aromatic carbocycles. The van der Waals surface area contributed by atoms with Gasteiger partial charge in [0, 0.05) is 11.4 Å². The third-order valence-electron chi connectivity index (χ3n) is 4.35. The number of thioether (sulfide) groups is 1. The standard InChI is InChI=1S/C21H18N2O2S2/c1-14-4-2-5-17(12-14)23-19(24)13-27-21(23)15-7-9-16(10-8-15)22-20(25)18-6-3-11-26-18/h2-12,21H,13H2,1H3,(H,22,25)/t21-/m0/s1. The van der Waals surface area contributed by atoms with E-state index in [0.717, 1.165) is 22.5 Å². The zero-order valence-corrected chi connectivity index (χ0v) is 16.3. The topological polar surface area (TPSA) is 49.4 Å². The summed E-state index contributed by atoms with van der Waals surface area (Å²) in [4.78, 5) is 27.2. The zero-order valence-electron chi connectivity index (χ0n) is 14.7. The Hall–Kier alpha value is -2.57. The second kappa shape index (κ2) is 7.58. The number of anilines is 2. The predicted molar refractivity (Wildman–Crippen MR) is 113 cm³/mol. The monoisotopic (exact) mass is 394 g/mol. The van der Waals surface area contributed by atoms with Gasteiger partial charge in [-0.15, -0.1) is 23.1 Å². The Balaban J connectivity index is 1.54. The molecule has 27 heavy (non-hydrogen) atoms. The van der Waals surface area contributed by atoms with Gasteiger partial charge in [-0.3, -0.25) is 14.5 Å². The largest absolute Gasteiger partial charge is 0.321 e. The Bertz CT molecular complexity index is 968. The Labute approximate surface area is 166 Å². The fraction of sp³-hybridized carbons (Fsp3) is 0.143. The van der Waals surface area contributed by atoms with Crippen molar-refractivity contribution in [2.45, 2.75) is 12.3 Å². The molecule has 136 valence electrons.